The van der Waals surface area contributed by atoms with Crippen molar-refractivity contribution < 1.29 is 28.1 Å². The summed E-state index contributed by atoms with van der Waals surface area (Å²) in [5.41, 5.74) is 1.03. The van der Waals surface area contributed by atoms with Crippen LogP contribution in [0.3, 0.4) is 0 Å². The third kappa shape index (κ3) is 5.75. The van der Waals surface area contributed by atoms with Gasteiger partial charge in [0.05, 0.1) is 0 Å². The SMILES string of the molecule is C[C@H]([NH2+]CC(=O)NC(=O)NCC(F)(F)F)c1cccc2ccccc12. The number of rotatable bonds is 5. The third-order valence-corrected chi connectivity index (χ3v) is 3.67. The van der Waals surface area contributed by atoms with Crippen molar-refractivity contribution in [3.05, 3.63) is 48.0 Å². The van der Waals surface area contributed by atoms with Crippen LogP contribution < -0.4 is 16.0 Å². The minimum Gasteiger partial charge on any atom is -0.332 e. The minimum absolute atomic E-state index is 0.0601. The van der Waals surface area contributed by atoms with Crippen LogP contribution in [-0.2, 0) is 4.79 Å². The number of hydrogen-bond donors (Lipinski definition) is 3. The summed E-state index contributed by atoms with van der Waals surface area (Å²) in [4.78, 5) is 22.9. The van der Waals surface area contributed by atoms with Crippen LogP contribution in [0.2, 0.25) is 0 Å². The second-order valence-corrected chi connectivity index (χ2v) is 5.64. The van der Waals surface area contributed by atoms with Crippen LogP contribution in [0.4, 0.5) is 18.0 Å². The molecule has 0 aromatic heterocycles. The van der Waals surface area contributed by atoms with Crippen molar-refractivity contribution in [2.24, 2.45) is 0 Å². The van der Waals surface area contributed by atoms with Gasteiger partial charge in [0.2, 0.25) is 0 Å². The van der Waals surface area contributed by atoms with Crippen molar-refractivity contribution in [2.75, 3.05) is 13.1 Å². The molecule has 4 N–H and O–H groups in total. The first kappa shape index (κ1) is 18.7. The van der Waals surface area contributed by atoms with Crippen LogP contribution in [-0.4, -0.2) is 31.2 Å². The van der Waals surface area contributed by atoms with E-state index in [-0.39, 0.29) is 12.6 Å². The number of quaternary nitrogens is 1. The zero-order valence-electron chi connectivity index (χ0n) is 13.6. The molecule has 134 valence electrons. The van der Waals surface area contributed by atoms with Crippen molar-refractivity contribution >= 4 is 22.7 Å². The number of nitrogens with two attached hydrogens (primary N) is 1. The number of imide groups is 1. The Kier molecular flexibility index (Phi) is 5.97. The Bertz CT molecular complexity index is 757. The van der Waals surface area contributed by atoms with Crippen molar-refractivity contribution in [1.82, 2.24) is 10.6 Å². The molecular formula is C17H19F3N3O2+. The smallest absolute Gasteiger partial charge is 0.332 e. The lowest BCUT2D eigenvalue weighted by Gasteiger charge is -2.14. The van der Waals surface area contributed by atoms with E-state index in [0.29, 0.717) is 0 Å². The van der Waals surface area contributed by atoms with E-state index in [4.69, 9.17) is 0 Å². The average Bonchev–Trinajstić information content (AvgIpc) is 2.57. The van der Waals surface area contributed by atoms with Crippen molar-refractivity contribution in [3.8, 4) is 0 Å². The van der Waals surface area contributed by atoms with Gasteiger partial charge < -0.3 is 10.6 Å². The number of amides is 3. The number of carbonyl (C=O) groups excluding carboxylic acids is 2. The highest BCUT2D eigenvalue weighted by Crippen LogP contribution is 2.21. The maximum absolute atomic E-state index is 12.0. The standard InChI is InChI=1S/C17H18F3N3O2/c1-11(13-8-4-6-12-5-2-3-7-14(12)13)21-9-15(24)23-16(25)22-10-17(18,19)20/h2-8,11,21H,9-10H2,1H3,(H2,22,23,24,25)/p+1/t11-/m0/s1. The van der Waals surface area contributed by atoms with Gasteiger partial charge in [-0.2, -0.15) is 13.2 Å². The molecule has 0 aliphatic rings. The summed E-state index contributed by atoms with van der Waals surface area (Å²) in [6, 6.07) is 12.5. The highest BCUT2D eigenvalue weighted by Gasteiger charge is 2.28. The number of urea groups is 1. The van der Waals surface area contributed by atoms with Crippen molar-refractivity contribution in [2.45, 2.75) is 19.1 Å². The van der Waals surface area contributed by atoms with Gasteiger partial charge in [-0.15, -0.1) is 0 Å². The number of fused-ring (bicyclic) bond motifs is 1. The van der Waals surface area contributed by atoms with E-state index in [0.717, 1.165) is 16.3 Å². The molecule has 25 heavy (non-hydrogen) atoms. The molecule has 0 unspecified atom stereocenters. The average molecular weight is 354 g/mol. The normalized spacial score (nSPS) is 12.6. The second-order valence-electron chi connectivity index (χ2n) is 5.64. The number of benzene rings is 2. The molecule has 0 aliphatic carbocycles. The Morgan fingerprint density at radius 2 is 1.80 bits per heavy atom. The molecular weight excluding hydrogens is 335 g/mol. The maximum Gasteiger partial charge on any atom is 0.405 e. The molecule has 0 bridgehead atoms. The third-order valence-electron chi connectivity index (χ3n) is 3.67. The van der Waals surface area contributed by atoms with Gasteiger partial charge in [0.15, 0.2) is 6.54 Å². The van der Waals surface area contributed by atoms with E-state index in [1.54, 1.807) is 10.6 Å². The highest BCUT2D eigenvalue weighted by atomic mass is 19.4. The van der Waals surface area contributed by atoms with Gasteiger partial charge >= 0.3 is 12.2 Å². The zero-order chi connectivity index (χ0) is 18.4. The number of halogens is 3. The quantitative estimate of drug-likeness (QED) is 0.767. The predicted octanol–water partition coefficient (Wildman–Crippen LogP) is 1.85. The van der Waals surface area contributed by atoms with E-state index in [2.05, 4.69) is 0 Å². The van der Waals surface area contributed by atoms with E-state index < -0.39 is 24.7 Å². The van der Waals surface area contributed by atoms with E-state index >= 15 is 0 Å². The Balaban J connectivity index is 1.88. The maximum atomic E-state index is 12.0. The van der Waals surface area contributed by atoms with Gasteiger partial charge in [-0.25, -0.2) is 4.79 Å². The number of alkyl halides is 3. The molecule has 8 heteroatoms. The summed E-state index contributed by atoms with van der Waals surface area (Å²) in [6.45, 7) is 0.352. The lowest BCUT2D eigenvalue weighted by molar-refractivity contribution is -0.682. The van der Waals surface area contributed by atoms with Crippen LogP contribution in [0.1, 0.15) is 18.5 Å². The summed E-state index contributed by atoms with van der Waals surface area (Å²) in [5.74, 6) is -0.660. The number of carbonyl (C=O) groups is 2. The molecule has 0 aliphatic heterocycles. The van der Waals surface area contributed by atoms with Gasteiger partial charge in [0.25, 0.3) is 5.91 Å². The topological polar surface area (TPSA) is 74.8 Å². The molecule has 2 rings (SSSR count). The second kappa shape index (κ2) is 7.98. The molecule has 2 aromatic rings. The van der Waals surface area contributed by atoms with Gasteiger partial charge in [-0.3, -0.25) is 10.1 Å². The number of nitrogens with one attached hydrogen (secondary N) is 2. The summed E-state index contributed by atoms with van der Waals surface area (Å²) in [5, 5.41) is 7.33. The van der Waals surface area contributed by atoms with E-state index in [1.165, 1.54) is 0 Å². The summed E-state index contributed by atoms with van der Waals surface area (Å²) >= 11 is 0. The fourth-order valence-corrected chi connectivity index (χ4v) is 2.46. The van der Waals surface area contributed by atoms with Crippen molar-refractivity contribution in [3.63, 3.8) is 0 Å². The van der Waals surface area contributed by atoms with Gasteiger partial charge in [-0.1, -0.05) is 42.5 Å². The van der Waals surface area contributed by atoms with E-state index in [9.17, 15) is 22.8 Å². The molecule has 0 fully saturated rings. The van der Waals surface area contributed by atoms with Crippen molar-refractivity contribution in [1.29, 1.82) is 0 Å². The molecule has 0 saturated heterocycles. The first-order chi connectivity index (χ1) is 11.8. The highest BCUT2D eigenvalue weighted by molar-refractivity contribution is 5.94. The van der Waals surface area contributed by atoms with Crippen LogP contribution in [0.15, 0.2) is 42.5 Å². The molecule has 0 saturated carbocycles. The first-order valence-corrected chi connectivity index (χ1v) is 7.71. The molecule has 5 nitrogen and oxygen atoms in total. The van der Waals surface area contributed by atoms with E-state index in [1.807, 2.05) is 54.7 Å². The van der Waals surface area contributed by atoms with Crippen LogP contribution in [0.25, 0.3) is 10.8 Å². The van der Waals surface area contributed by atoms with Crippen LogP contribution >= 0.6 is 0 Å². The molecule has 0 radical (unpaired) electrons. The lowest BCUT2D eigenvalue weighted by Crippen LogP contribution is -2.87. The summed E-state index contributed by atoms with van der Waals surface area (Å²) < 4.78 is 36.0. The Hall–Kier alpha value is -2.61. The first-order valence-electron chi connectivity index (χ1n) is 7.71. The summed E-state index contributed by atoms with van der Waals surface area (Å²) in [7, 11) is 0. The molecule has 0 heterocycles. The lowest BCUT2D eigenvalue weighted by atomic mass is 10.00. The summed E-state index contributed by atoms with van der Waals surface area (Å²) in [6.07, 6.45) is -4.52. The van der Waals surface area contributed by atoms with Gasteiger partial charge in [0.1, 0.15) is 12.6 Å². The fourth-order valence-electron chi connectivity index (χ4n) is 2.46. The molecule has 1 atom stereocenters. The molecule has 2 aromatic carbocycles. The largest absolute Gasteiger partial charge is 0.405 e. The molecule has 3 amide bonds. The Morgan fingerprint density at radius 1 is 1.12 bits per heavy atom. The monoisotopic (exact) mass is 354 g/mol. The van der Waals surface area contributed by atoms with Gasteiger partial charge in [0, 0.05) is 5.56 Å². The Morgan fingerprint density at radius 3 is 2.52 bits per heavy atom. The number of hydrogen-bond acceptors (Lipinski definition) is 2. The fraction of sp³-hybridized carbons (Fsp3) is 0.294. The molecule has 0 spiro atoms. The predicted molar refractivity (Wildman–Crippen MR) is 86.8 cm³/mol. The minimum atomic E-state index is -4.52. The Labute approximate surface area is 142 Å². The van der Waals surface area contributed by atoms with Crippen LogP contribution in [0.5, 0.6) is 0 Å². The zero-order valence-corrected chi connectivity index (χ0v) is 13.6. The van der Waals surface area contributed by atoms with Gasteiger partial charge in [-0.05, 0) is 17.7 Å². The van der Waals surface area contributed by atoms with Crippen LogP contribution in [0, 0.1) is 0 Å².